The molecule has 0 radical (unpaired) electrons. The molecule has 1 N–H and O–H groups in total. The fourth-order valence-corrected chi connectivity index (χ4v) is 1.93. The van der Waals surface area contributed by atoms with E-state index in [1.807, 2.05) is 48.5 Å². The van der Waals surface area contributed by atoms with Gasteiger partial charge in [0.2, 0.25) is 0 Å². The van der Waals surface area contributed by atoms with Gasteiger partial charge in [0.15, 0.2) is 0 Å². The lowest BCUT2D eigenvalue weighted by molar-refractivity contribution is 0.281. The Labute approximate surface area is 118 Å². The summed E-state index contributed by atoms with van der Waals surface area (Å²) in [5.41, 5.74) is 2.16. The van der Waals surface area contributed by atoms with Crippen LogP contribution in [-0.2, 0) is 13.0 Å². The Kier molecular flexibility index (Phi) is 5.25. The number of rotatable bonds is 6. The molecule has 0 aliphatic carbocycles. The second kappa shape index (κ2) is 7.17. The van der Waals surface area contributed by atoms with Crippen molar-refractivity contribution < 1.29 is 9.84 Å². The average molecular weight is 277 g/mol. The molecular formula is C16H17ClO2. The predicted molar refractivity (Wildman–Crippen MR) is 77.6 cm³/mol. The van der Waals surface area contributed by atoms with Crippen LogP contribution in [0.3, 0.4) is 0 Å². The van der Waals surface area contributed by atoms with Crippen LogP contribution >= 0.6 is 11.6 Å². The molecule has 0 heterocycles. The van der Waals surface area contributed by atoms with Gasteiger partial charge in [-0.25, -0.2) is 0 Å². The molecule has 2 aromatic rings. The van der Waals surface area contributed by atoms with Crippen LogP contribution in [0.1, 0.15) is 17.5 Å². The lowest BCUT2D eigenvalue weighted by Crippen LogP contribution is -1.99. The normalized spacial score (nSPS) is 10.4. The molecule has 0 unspecified atom stereocenters. The van der Waals surface area contributed by atoms with E-state index < -0.39 is 0 Å². The molecule has 0 amide bonds. The zero-order valence-electron chi connectivity index (χ0n) is 10.7. The summed E-state index contributed by atoms with van der Waals surface area (Å²) < 4.78 is 5.64. The average Bonchev–Trinajstić information content (AvgIpc) is 2.46. The van der Waals surface area contributed by atoms with Crippen LogP contribution in [0.4, 0.5) is 0 Å². The fourth-order valence-electron chi connectivity index (χ4n) is 1.81. The van der Waals surface area contributed by atoms with Crippen molar-refractivity contribution in [3.63, 3.8) is 0 Å². The maximum Gasteiger partial charge on any atom is 0.119 e. The summed E-state index contributed by atoms with van der Waals surface area (Å²) in [6.45, 7) is 0.748. The van der Waals surface area contributed by atoms with Crippen LogP contribution in [0.2, 0.25) is 5.02 Å². The van der Waals surface area contributed by atoms with Gasteiger partial charge < -0.3 is 9.84 Å². The van der Waals surface area contributed by atoms with Crippen LogP contribution in [-0.4, -0.2) is 11.7 Å². The van der Waals surface area contributed by atoms with Crippen LogP contribution in [0.25, 0.3) is 0 Å². The van der Waals surface area contributed by atoms with E-state index in [1.54, 1.807) is 0 Å². The molecule has 0 bridgehead atoms. The first-order valence-corrected chi connectivity index (χ1v) is 6.73. The molecule has 0 atom stereocenters. The van der Waals surface area contributed by atoms with E-state index in [4.69, 9.17) is 21.4 Å². The van der Waals surface area contributed by atoms with E-state index in [9.17, 15) is 0 Å². The fraction of sp³-hybridized carbons (Fsp3) is 0.250. The molecule has 2 nitrogen and oxygen atoms in total. The Morgan fingerprint density at radius 2 is 1.53 bits per heavy atom. The SMILES string of the molecule is OCc1ccc(OCCCc2ccc(Cl)cc2)cc1. The molecule has 2 aromatic carbocycles. The summed E-state index contributed by atoms with van der Waals surface area (Å²) in [5, 5.41) is 9.71. The molecule has 0 spiro atoms. The molecule has 100 valence electrons. The third kappa shape index (κ3) is 4.58. The second-order valence-electron chi connectivity index (χ2n) is 4.38. The van der Waals surface area contributed by atoms with E-state index in [1.165, 1.54) is 5.56 Å². The molecule has 0 aliphatic rings. The first-order chi connectivity index (χ1) is 9.28. The second-order valence-corrected chi connectivity index (χ2v) is 4.82. The van der Waals surface area contributed by atoms with Gasteiger partial charge in [-0.15, -0.1) is 0 Å². The number of aryl methyl sites for hydroxylation is 1. The van der Waals surface area contributed by atoms with E-state index in [2.05, 4.69) is 0 Å². The molecule has 0 aliphatic heterocycles. The Morgan fingerprint density at radius 3 is 2.16 bits per heavy atom. The van der Waals surface area contributed by atoms with E-state index >= 15 is 0 Å². The minimum absolute atomic E-state index is 0.0663. The van der Waals surface area contributed by atoms with E-state index in [0.29, 0.717) is 6.61 Å². The first-order valence-electron chi connectivity index (χ1n) is 6.35. The minimum Gasteiger partial charge on any atom is -0.494 e. The number of aliphatic hydroxyl groups excluding tert-OH is 1. The molecule has 0 fully saturated rings. The summed E-state index contributed by atoms with van der Waals surface area (Å²) in [6, 6.07) is 15.4. The van der Waals surface area contributed by atoms with Crippen LogP contribution in [0.5, 0.6) is 5.75 Å². The largest absolute Gasteiger partial charge is 0.494 e. The third-order valence-electron chi connectivity index (χ3n) is 2.90. The summed E-state index contributed by atoms with van der Waals surface area (Å²) >= 11 is 5.84. The number of benzene rings is 2. The van der Waals surface area contributed by atoms with Crippen molar-refractivity contribution >= 4 is 11.6 Å². The highest BCUT2D eigenvalue weighted by Gasteiger charge is 1.97. The highest BCUT2D eigenvalue weighted by Crippen LogP contribution is 2.14. The summed E-state index contributed by atoms with van der Waals surface area (Å²) in [4.78, 5) is 0. The quantitative estimate of drug-likeness (QED) is 0.812. The summed E-state index contributed by atoms with van der Waals surface area (Å²) in [5.74, 6) is 0.841. The maximum absolute atomic E-state index is 8.94. The van der Waals surface area contributed by atoms with Crippen molar-refractivity contribution in [2.75, 3.05) is 6.61 Å². The van der Waals surface area contributed by atoms with Gasteiger partial charge in [-0.05, 0) is 48.2 Å². The highest BCUT2D eigenvalue weighted by molar-refractivity contribution is 6.30. The number of hydrogen-bond donors (Lipinski definition) is 1. The highest BCUT2D eigenvalue weighted by atomic mass is 35.5. The monoisotopic (exact) mass is 276 g/mol. The Hall–Kier alpha value is -1.51. The predicted octanol–water partition coefficient (Wildman–Crippen LogP) is 3.84. The number of hydrogen-bond acceptors (Lipinski definition) is 2. The zero-order chi connectivity index (χ0) is 13.5. The van der Waals surface area contributed by atoms with Gasteiger partial charge in [0.25, 0.3) is 0 Å². The maximum atomic E-state index is 8.94. The first kappa shape index (κ1) is 13.9. The number of aliphatic hydroxyl groups is 1. The molecule has 0 saturated carbocycles. The lowest BCUT2D eigenvalue weighted by atomic mass is 10.1. The summed E-state index contributed by atoms with van der Waals surface area (Å²) in [7, 11) is 0. The van der Waals surface area contributed by atoms with Gasteiger partial charge >= 0.3 is 0 Å². The molecule has 0 aromatic heterocycles. The van der Waals surface area contributed by atoms with Gasteiger partial charge in [0.1, 0.15) is 5.75 Å². The Morgan fingerprint density at radius 1 is 0.895 bits per heavy atom. The van der Waals surface area contributed by atoms with E-state index in [0.717, 1.165) is 29.2 Å². The van der Waals surface area contributed by atoms with Gasteiger partial charge in [-0.2, -0.15) is 0 Å². The van der Waals surface area contributed by atoms with Gasteiger partial charge in [0, 0.05) is 5.02 Å². The minimum atomic E-state index is 0.0663. The Bertz CT molecular complexity index is 491. The standard InChI is InChI=1S/C16H17ClO2/c17-15-7-3-13(4-8-15)2-1-11-19-16-9-5-14(12-18)6-10-16/h3-10,18H,1-2,11-12H2. The van der Waals surface area contributed by atoms with E-state index in [-0.39, 0.29) is 6.61 Å². The number of halogens is 1. The molecule has 19 heavy (non-hydrogen) atoms. The smallest absolute Gasteiger partial charge is 0.119 e. The van der Waals surface area contributed by atoms with Gasteiger partial charge in [-0.1, -0.05) is 35.9 Å². The van der Waals surface area contributed by atoms with Crippen molar-refractivity contribution in [1.82, 2.24) is 0 Å². The van der Waals surface area contributed by atoms with Crippen molar-refractivity contribution in [1.29, 1.82) is 0 Å². The van der Waals surface area contributed by atoms with Crippen LogP contribution in [0.15, 0.2) is 48.5 Å². The van der Waals surface area contributed by atoms with Crippen molar-refractivity contribution in [2.24, 2.45) is 0 Å². The van der Waals surface area contributed by atoms with Crippen molar-refractivity contribution in [3.05, 3.63) is 64.7 Å². The molecule has 2 rings (SSSR count). The number of ether oxygens (including phenoxy) is 1. The molecule has 0 saturated heterocycles. The van der Waals surface area contributed by atoms with Crippen molar-refractivity contribution in [2.45, 2.75) is 19.4 Å². The third-order valence-corrected chi connectivity index (χ3v) is 3.15. The topological polar surface area (TPSA) is 29.5 Å². The zero-order valence-corrected chi connectivity index (χ0v) is 11.4. The Balaban J connectivity index is 1.72. The lowest BCUT2D eigenvalue weighted by Gasteiger charge is -2.07. The van der Waals surface area contributed by atoms with Gasteiger partial charge in [-0.3, -0.25) is 0 Å². The van der Waals surface area contributed by atoms with Crippen LogP contribution in [0, 0.1) is 0 Å². The molecular weight excluding hydrogens is 260 g/mol. The van der Waals surface area contributed by atoms with Crippen molar-refractivity contribution in [3.8, 4) is 5.75 Å². The summed E-state index contributed by atoms with van der Waals surface area (Å²) in [6.07, 6.45) is 1.94. The van der Waals surface area contributed by atoms with Gasteiger partial charge in [0.05, 0.1) is 13.2 Å². The van der Waals surface area contributed by atoms with Crippen LogP contribution < -0.4 is 4.74 Å². The molecule has 3 heteroatoms.